The van der Waals surface area contributed by atoms with E-state index in [0.29, 0.717) is 5.92 Å². The zero-order valence-corrected chi connectivity index (χ0v) is 21.9. The maximum atomic E-state index is 12.3. The lowest BCUT2D eigenvalue weighted by Crippen LogP contribution is -2.38. The number of benzene rings is 2. The molecule has 0 saturated heterocycles. The van der Waals surface area contributed by atoms with Crippen LogP contribution >= 0.6 is 11.8 Å². The number of aromatic nitrogens is 2. The Morgan fingerprint density at radius 1 is 0.943 bits per heavy atom. The average Bonchev–Trinajstić information content (AvgIpc) is 2.82. The molecule has 184 valence electrons. The Bertz CT molecular complexity index is 1100. The van der Waals surface area contributed by atoms with E-state index in [2.05, 4.69) is 41.4 Å². The van der Waals surface area contributed by atoms with Crippen LogP contribution in [0.2, 0.25) is 0 Å². The summed E-state index contributed by atoms with van der Waals surface area (Å²) in [5.41, 5.74) is 3.88. The average molecular weight is 489 g/mol. The van der Waals surface area contributed by atoms with Gasteiger partial charge in [0.1, 0.15) is 5.60 Å². The molecule has 0 spiro atoms. The van der Waals surface area contributed by atoms with Gasteiger partial charge in [0.25, 0.3) is 0 Å². The Kier molecular flexibility index (Phi) is 8.61. The third-order valence-electron chi connectivity index (χ3n) is 6.48. The number of hydrogen-bond donors (Lipinski definition) is 0. The van der Waals surface area contributed by atoms with Gasteiger partial charge in [0.15, 0.2) is 5.16 Å². The summed E-state index contributed by atoms with van der Waals surface area (Å²) in [5, 5.41) is 0.826. The summed E-state index contributed by atoms with van der Waals surface area (Å²) in [6, 6.07) is 20.7. The maximum absolute atomic E-state index is 12.3. The van der Waals surface area contributed by atoms with Gasteiger partial charge in [-0.3, -0.25) is 4.79 Å². The van der Waals surface area contributed by atoms with Gasteiger partial charge in [-0.05, 0) is 57.9 Å². The highest BCUT2D eigenvalue weighted by atomic mass is 32.2. The van der Waals surface area contributed by atoms with Gasteiger partial charge >= 0.3 is 5.97 Å². The SMILES string of the molecule is CC(C)(C)OC(=O)C1CCC1CCCCCSc1ncc(-c2ccccc2)c(-c2ccccc2)n1. The van der Waals surface area contributed by atoms with Gasteiger partial charge in [-0.1, -0.05) is 85.3 Å². The fourth-order valence-corrected chi connectivity index (χ4v) is 5.35. The zero-order valence-electron chi connectivity index (χ0n) is 21.1. The highest BCUT2D eigenvalue weighted by molar-refractivity contribution is 7.99. The minimum Gasteiger partial charge on any atom is -0.460 e. The number of hydrogen-bond acceptors (Lipinski definition) is 5. The number of thioether (sulfide) groups is 1. The van der Waals surface area contributed by atoms with Crippen molar-refractivity contribution in [3.63, 3.8) is 0 Å². The molecule has 2 aromatic carbocycles. The van der Waals surface area contributed by atoms with E-state index in [1.165, 1.54) is 0 Å². The van der Waals surface area contributed by atoms with E-state index < -0.39 is 5.60 Å². The largest absolute Gasteiger partial charge is 0.460 e. The third kappa shape index (κ3) is 7.17. The molecule has 35 heavy (non-hydrogen) atoms. The molecular weight excluding hydrogens is 452 g/mol. The molecule has 1 heterocycles. The van der Waals surface area contributed by atoms with Gasteiger partial charge in [-0.2, -0.15) is 0 Å². The Balaban J connectivity index is 1.27. The van der Waals surface area contributed by atoms with Crippen molar-refractivity contribution in [2.45, 2.75) is 70.1 Å². The highest BCUT2D eigenvalue weighted by Crippen LogP contribution is 2.39. The van der Waals surface area contributed by atoms with Gasteiger partial charge in [-0.25, -0.2) is 9.97 Å². The Morgan fingerprint density at radius 3 is 2.26 bits per heavy atom. The summed E-state index contributed by atoms with van der Waals surface area (Å²) < 4.78 is 5.59. The van der Waals surface area contributed by atoms with Crippen molar-refractivity contribution in [3.8, 4) is 22.4 Å². The lowest BCUT2D eigenvalue weighted by molar-refractivity contribution is -0.166. The van der Waals surface area contributed by atoms with E-state index in [9.17, 15) is 4.79 Å². The van der Waals surface area contributed by atoms with Crippen molar-refractivity contribution < 1.29 is 9.53 Å². The lowest BCUT2D eigenvalue weighted by atomic mass is 9.71. The lowest BCUT2D eigenvalue weighted by Gasteiger charge is -2.36. The van der Waals surface area contributed by atoms with E-state index in [0.717, 1.165) is 71.8 Å². The molecule has 2 atom stereocenters. The van der Waals surface area contributed by atoms with E-state index in [4.69, 9.17) is 9.72 Å². The highest BCUT2D eigenvalue weighted by Gasteiger charge is 2.38. The van der Waals surface area contributed by atoms with E-state index in [1.807, 2.05) is 51.2 Å². The van der Waals surface area contributed by atoms with Crippen molar-refractivity contribution in [2.75, 3.05) is 5.75 Å². The van der Waals surface area contributed by atoms with Crippen LogP contribution in [-0.4, -0.2) is 27.3 Å². The summed E-state index contributed by atoms with van der Waals surface area (Å²) in [5.74, 6) is 1.60. The second-order valence-corrected chi connectivity index (χ2v) is 11.4. The van der Waals surface area contributed by atoms with Crippen molar-refractivity contribution >= 4 is 17.7 Å². The monoisotopic (exact) mass is 488 g/mol. The van der Waals surface area contributed by atoms with E-state index in [1.54, 1.807) is 11.8 Å². The third-order valence-corrected chi connectivity index (χ3v) is 7.42. The topological polar surface area (TPSA) is 52.1 Å². The van der Waals surface area contributed by atoms with Crippen LogP contribution in [0.3, 0.4) is 0 Å². The fraction of sp³-hybridized carbons (Fsp3) is 0.433. The van der Waals surface area contributed by atoms with E-state index >= 15 is 0 Å². The van der Waals surface area contributed by atoms with Gasteiger partial charge < -0.3 is 4.74 Å². The Hall–Kier alpha value is -2.66. The van der Waals surface area contributed by atoms with Gasteiger partial charge in [0.2, 0.25) is 0 Å². The molecule has 0 bridgehead atoms. The second kappa shape index (κ2) is 11.9. The van der Waals surface area contributed by atoms with Crippen LogP contribution in [0.1, 0.15) is 59.3 Å². The number of carbonyl (C=O) groups excluding carboxylic acids is 1. The van der Waals surface area contributed by atoms with Gasteiger partial charge in [0, 0.05) is 23.1 Å². The molecule has 1 aromatic heterocycles. The number of carbonyl (C=O) groups is 1. The molecule has 2 unspecified atom stereocenters. The fourth-order valence-electron chi connectivity index (χ4n) is 4.53. The van der Waals surface area contributed by atoms with Crippen LogP contribution < -0.4 is 0 Å². The molecule has 1 fully saturated rings. The first-order valence-electron chi connectivity index (χ1n) is 12.7. The first-order chi connectivity index (χ1) is 16.9. The molecule has 1 aliphatic carbocycles. The summed E-state index contributed by atoms with van der Waals surface area (Å²) in [6.45, 7) is 5.83. The van der Waals surface area contributed by atoms with Crippen molar-refractivity contribution in [1.82, 2.24) is 9.97 Å². The minimum atomic E-state index is -0.393. The van der Waals surface area contributed by atoms with Crippen LogP contribution in [-0.2, 0) is 9.53 Å². The van der Waals surface area contributed by atoms with Crippen LogP contribution in [0.4, 0.5) is 0 Å². The van der Waals surface area contributed by atoms with Crippen molar-refractivity contribution in [3.05, 3.63) is 66.9 Å². The Labute approximate surface area is 213 Å². The quantitative estimate of drug-likeness (QED) is 0.126. The standard InChI is InChI=1S/C30H36N2O2S/c1-30(2,3)34-28(33)25-19-18-23(25)15-11-6-12-20-35-29-31-21-26(22-13-7-4-8-14-22)27(32-29)24-16-9-5-10-17-24/h4-5,7-10,13-14,16-17,21,23,25H,6,11-12,15,18-20H2,1-3H3. The van der Waals surface area contributed by atoms with E-state index in [-0.39, 0.29) is 11.9 Å². The maximum Gasteiger partial charge on any atom is 0.309 e. The van der Waals surface area contributed by atoms with Crippen molar-refractivity contribution in [2.24, 2.45) is 11.8 Å². The van der Waals surface area contributed by atoms with Gasteiger partial charge in [0.05, 0.1) is 11.6 Å². The molecule has 1 saturated carbocycles. The minimum absolute atomic E-state index is 0.00498. The molecule has 0 aliphatic heterocycles. The summed E-state index contributed by atoms with van der Waals surface area (Å²) >= 11 is 1.73. The number of nitrogens with zero attached hydrogens (tertiary/aromatic N) is 2. The molecule has 4 rings (SSSR count). The van der Waals surface area contributed by atoms with Crippen LogP contribution in [0, 0.1) is 11.8 Å². The Morgan fingerprint density at radius 2 is 1.63 bits per heavy atom. The molecule has 1 aliphatic rings. The first-order valence-corrected chi connectivity index (χ1v) is 13.7. The molecule has 4 nitrogen and oxygen atoms in total. The predicted molar refractivity (Wildman–Crippen MR) is 144 cm³/mol. The molecule has 0 radical (unpaired) electrons. The van der Waals surface area contributed by atoms with Crippen molar-refractivity contribution in [1.29, 1.82) is 0 Å². The number of esters is 1. The molecule has 3 aromatic rings. The molecular formula is C30H36N2O2S. The number of ether oxygens (including phenoxy) is 1. The summed E-state index contributed by atoms with van der Waals surface area (Å²) in [7, 11) is 0. The second-order valence-electron chi connectivity index (χ2n) is 10.3. The summed E-state index contributed by atoms with van der Waals surface area (Å²) in [6.07, 6.45) is 8.66. The first kappa shape index (κ1) is 25.4. The zero-order chi connectivity index (χ0) is 24.7. The smallest absolute Gasteiger partial charge is 0.309 e. The molecule has 5 heteroatoms. The number of unbranched alkanes of at least 4 members (excludes halogenated alkanes) is 2. The summed E-state index contributed by atoms with van der Waals surface area (Å²) in [4.78, 5) is 22.0. The predicted octanol–water partition coefficient (Wildman–Crippen LogP) is 7.83. The van der Waals surface area contributed by atoms with Crippen LogP contribution in [0.5, 0.6) is 0 Å². The number of rotatable bonds is 10. The molecule has 0 amide bonds. The van der Waals surface area contributed by atoms with Gasteiger partial charge in [-0.15, -0.1) is 0 Å². The molecule has 0 N–H and O–H groups in total. The van der Waals surface area contributed by atoms with Crippen LogP contribution in [0.25, 0.3) is 22.4 Å². The van der Waals surface area contributed by atoms with Crippen LogP contribution in [0.15, 0.2) is 72.0 Å². The normalized spacial score (nSPS) is 17.6.